The lowest BCUT2D eigenvalue weighted by Gasteiger charge is -2.32. The van der Waals surface area contributed by atoms with Crippen LogP contribution >= 0.6 is 0 Å². The van der Waals surface area contributed by atoms with Gasteiger partial charge in [-0.3, -0.25) is 9.59 Å². The summed E-state index contributed by atoms with van der Waals surface area (Å²) in [7, 11) is 0. The van der Waals surface area contributed by atoms with Crippen LogP contribution in [0.1, 0.15) is 19.8 Å². The normalized spacial score (nSPS) is 16.1. The maximum atomic E-state index is 13.8. The van der Waals surface area contributed by atoms with Gasteiger partial charge in [-0.2, -0.15) is 0 Å². The summed E-state index contributed by atoms with van der Waals surface area (Å²) in [6.07, 6.45) is 1.36. The van der Waals surface area contributed by atoms with Gasteiger partial charge in [-0.25, -0.2) is 9.18 Å². The van der Waals surface area contributed by atoms with Gasteiger partial charge in [0.1, 0.15) is 5.82 Å². The molecular weight excluding hydrogens is 375 g/mol. The molecule has 1 aliphatic heterocycles. The molecule has 29 heavy (non-hydrogen) atoms. The van der Waals surface area contributed by atoms with Gasteiger partial charge in [0.25, 0.3) is 0 Å². The van der Waals surface area contributed by atoms with E-state index in [4.69, 9.17) is 0 Å². The Morgan fingerprint density at radius 1 is 1.00 bits per heavy atom. The van der Waals surface area contributed by atoms with E-state index >= 15 is 0 Å². The summed E-state index contributed by atoms with van der Waals surface area (Å²) in [5, 5.41) is 7.96. The Morgan fingerprint density at radius 2 is 1.76 bits per heavy atom. The number of hydrogen-bond donors (Lipinski definition) is 3. The van der Waals surface area contributed by atoms with Gasteiger partial charge >= 0.3 is 6.03 Å². The van der Waals surface area contributed by atoms with E-state index < -0.39 is 11.7 Å². The molecule has 7 nitrogen and oxygen atoms in total. The minimum absolute atomic E-state index is 0.00260. The highest BCUT2D eigenvalue weighted by atomic mass is 19.1. The van der Waals surface area contributed by atoms with Crippen LogP contribution in [0.15, 0.2) is 48.5 Å². The summed E-state index contributed by atoms with van der Waals surface area (Å²) in [5.74, 6) is -1.61. The fourth-order valence-corrected chi connectivity index (χ4v) is 3.23. The molecule has 1 aliphatic rings. The van der Waals surface area contributed by atoms with Crippen LogP contribution in [0.2, 0.25) is 0 Å². The fraction of sp³-hybridized carbons (Fsp3) is 0.286. The van der Waals surface area contributed by atoms with Gasteiger partial charge in [-0.15, -0.1) is 0 Å². The molecule has 3 N–H and O–H groups in total. The maximum Gasteiger partial charge on any atom is 0.321 e. The van der Waals surface area contributed by atoms with Crippen LogP contribution in [-0.4, -0.2) is 35.8 Å². The lowest BCUT2D eigenvalue weighted by atomic mass is 9.97. The Balaban J connectivity index is 1.61. The molecule has 0 aromatic heterocycles. The molecule has 0 aliphatic carbocycles. The Morgan fingerprint density at radius 3 is 2.48 bits per heavy atom. The zero-order valence-corrected chi connectivity index (χ0v) is 16.1. The molecule has 0 bridgehead atoms. The highest BCUT2D eigenvalue weighted by Gasteiger charge is 2.28. The number of amides is 4. The molecule has 0 spiro atoms. The van der Waals surface area contributed by atoms with Gasteiger partial charge in [0.05, 0.1) is 11.6 Å². The quantitative estimate of drug-likeness (QED) is 0.734. The average molecular weight is 398 g/mol. The number of likely N-dealkylation sites (tertiary alicyclic amines) is 1. The standard InChI is InChI=1S/C21H23FN4O3/c1-14(27)23-19-12-17(9-10-18(19)22)24-20(28)15-6-5-11-26(13-15)21(29)25-16-7-3-2-4-8-16/h2-4,7-10,12,15H,5-6,11,13H2,1H3,(H,23,27)(H,24,28)(H,25,29). The van der Waals surface area contributed by atoms with Crippen molar-refractivity contribution in [1.29, 1.82) is 0 Å². The Bertz CT molecular complexity index is 904. The van der Waals surface area contributed by atoms with Crippen LogP contribution in [-0.2, 0) is 9.59 Å². The number of carbonyl (C=O) groups is 3. The number of benzene rings is 2. The van der Waals surface area contributed by atoms with Crippen molar-refractivity contribution < 1.29 is 18.8 Å². The molecule has 1 atom stereocenters. The molecule has 0 saturated carbocycles. The minimum atomic E-state index is -0.584. The van der Waals surface area contributed by atoms with Gasteiger partial charge in [0.2, 0.25) is 11.8 Å². The lowest BCUT2D eigenvalue weighted by molar-refractivity contribution is -0.121. The smallest absolute Gasteiger partial charge is 0.321 e. The molecule has 0 radical (unpaired) electrons. The third-order valence-corrected chi connectivity index (χ3v) is 4.65. The van der Waals surface area contributed by atoms with Gasteiger partial charge in [0, 0.05) is 31.4 Å². The molecule has 2 aromatic rings. The molecule has 4 amide bonds. The van der Waals surface area contributed by atoms with Crippen LogP contribution in [0, 0.1) is 11.7 Å². The molecule has 8 heteroatoms. The number of carbonyl (C=O) groups excluding carboxylic acids is 3. The SMILES string of the molecule is CC(=O)Nc1cc(NC(=O)C2CCCN(C(=O)Nc3ccccc3)C2)ccc1F. The summed E-state index contributed by atoms with van der Waals surface area (Å²) in [5.41, 5.74) is 1.08. The van der Waals surface area contributed by atoms with Crippen molar-refractivity contribution in [2.75, 3.05) is 29.0 Å². The molecule has 1 fully saturated rings. The number of piperidine rings is 1. The molecule has 1 unspecified atom stereocenters. The van der Waals surface area contributed by atoms with Crippen molar-refractivity contribution in [3.63, 3.8) is 0 Å². The number of nitrogens with one attached hydrogen (secondary N) is 3. The van der Waals surface area contributed by atoms with Crippen molar-refractivity contribution in [2.24, 2.45) is 5.92 Å². The van der Waals surface area contributed by atoms with E-state index in [1.807, 2.05) is 18.2 Å². The Hall–Kier alpha value is -3.42. The van der Waals surface area contributed by atoms with E-state index in [9.17, 15) is 18.8 Å². The zero-order valence-electron chi connectivity index (χ0n) is 16.1. The average Bonchev–Trinajstić information content (AvgIpc) is 2.71. The van der Waals surface area contributed by atoms with Crippen LogP contribution in [0.5, 0.6) is 0 Å². The van der Waals surface area contributed by atoms with Gasteiger partial charge in [0.15, 0.2) is 0 Å². The summed E-state index contributed by atoms with van der Waals surface area (Å²) in [6.45, 7) is 2.15. The number of nitrogens with zero attached hydrogens (tertiary/aromatic N) is 1. The second-order valence-electron chi connectivity index (χ2n) is 6.95. The number of rotatable bonds is 4. The van der Waals surface area contributed by atoms with Crippen molar-refractivity contribution >= 4 is 34.9 Å². The van der Waals surface area contributed by atoms with Crippen molar-refractivity contribution in [3.8, 4) is 0 Å². The largest absolute Gasteiger partial charge is 0.326 e. The molecule has 152 valence electrons. The van der Waals surface area contributed by atoms with Crippen molar-refractivity contribution in [3.05, 3.63) is 54.3 Å². The molecule has 1 heterocycles. The van der Waals surface area contributed by atoms with Crippen LogP contribution in [0.3, 0.4) is 0 Å². The van der Waals surface area contributed by atoms with Crippen molar-refractivity contribution in [1.82, 2.24) is 4.90 Å². The predicted octanol–water partition coefficient (Wildman–Crippen LogP) is 3.67. The fourth-order valence-electron chi connectivity index (χ4n) is 3.23. The van der Waals surface area contributed by atoms with E-state index in [0.29, 0.717) is 37.3 Å². The minimum Gasteiger partial charge on any atom is -0.326 e. The Labute approximate surface area is 168 Å². The van der Waals surface area contributed by atoms with E-state index in [0.717, 1.165) is 0 Å². The first-order valence-electron chi connectivity index (χ1n) is 9.41. The van der Waals surface area contributed by atoms with E-state index in [-0.39, 0.29) is 23.5 Å². The van der Waals surface area contributed by atoms with Gasteiger partial charge in [-0.05, 0) is 43.2 Å². The van der Waals surface area contributed by atoms with Crippen molar-refractivity contribution in [2.45, 2.75) is 19.8 Å². The third kappa shape index (κ3) is 5.54. The van der Waals surface area contributed by atoms with E-state index in [2.05, 4.69) is 16.0 Å². The number of hydrogen-bond acceptors (Lipinski definition) is 3. The number of urea groups is 1. The first-order valence-corrected chi connectivity index (χ1v) is 9.41. The first kappa shape index (κ1) is 20.3. The predicted molar refractivity (Wildman–Crippen MR) is 109 cm³/mol. The summed E-state index contributed by atoms with van der Waals surface area (Å²) >= 11 is 0. The van der Waals surface area contributed by atoms with E-state index in [1.54, 1.807) is 17.0 Å². The lowest BCUT2D eigenvalue weighted by Crippen LogP contribution is -2.45. The monoisotopic (exact) mass is 398 g/mol. The van der Waals surface area contributed by atoms with Gasteiger partial charge < -0.3 is 20.9 Å². The highest BCUT2D eigenvalue weighted by molar-refractivity contribution is 5.95. The summed E-state index contributed by atoms with van der Waals surface area (Å²) in [6, 6.07) is 12.9. The maximum absolute atomic E-state index is 13.8. The number of para-hydroxylation sites is 1. The number of anilines is 3. The Kier molecular flexibility index (Phi) is 6.43. The summed E-state index contributed by atoms with van der Waals surface area (Å²) in [4.78, 5) is 37.9. The van der Waals surface area contributed by atoms with Crippen LogP contribution in [0.25, 0.3) is 0 Å². The molecule has 2 aromatic carbocycles. The third-order valence-electron chi connectivity index (χ3n) is 4.65. The molecular formula is C21H23FN4O3. The molecule has 3 rings (SSSR count). The zero-order chi connectivity index (χ0) is 20.8. The van der Waals surface area contributed by atoms with Gasteiger partial charge in [-0.1, -0.05) is 18.2 Å². The van der Waals surface area contributed by atoms with Crippen LogP contribution in [0.4, 0.5) is 26.2 Å². The first-order chi connectivity index (χ1) is 13.9. The highest BCUT2D eigenvalue weighted by Crippen LogP contribution is 2.23. The second kappa shape index (κ2) is 9.18. The second-order valence-corrected chi connectivity index (χ2v) is 6.95. The number of halogens is 1. The van der Waals surface area contributed by atoms with E-state index in [1.165, 1.54) is 25.1 Å². The topological polar surface area (TPSA) is 90.5 Å². The summed E-state index contributed by atoms with van der Waals surface area (Å²) < 4.78 is 13.8. The van der Waals surface area contributed by atoms with Crippen LogP contribution < -0.4 is 16.0 Å². The molecule has 1 saturated heterocycles.